The first-order valence-corrected chi connectivity index (χ1v) is 9.37. The van der Waals surface area contributed by atoms with Crippen molar-refractivity contribution in [3.05, 3.63) is 85.3 Å². The first kappa shape index (κ1) is 16.9. The quantitative estimate of drug-likeness (QED) is 0.475. The fraction of sp³-hybridized carbons (Fsp3) is 0. The number of fused-ring (bicyclic) bond motifs is 1. The average Bonchev–Trinajstić information content (AvgIpc) is 2.98. The minimum absolute atomic E-state index is 0.198. The Morgan fingerprint density at radius 1 is 1.08 bits per heavy atom. The van der Waals surface area contributed by atoms with E-state index in [1.165, 1.54) is 11.3 Å². The van der Waals surface area contributed by atoms with E-state index in [4.69, 9.17) is 23.8 Å². The zero-order chi connectivity index (χ0) is 18.1. The summed E-state index contributed by atoms with van der Waals surface area (Å²) in [6, 6.07) is 17.1. The number of thiazole rings is 1. The maximum absolute atomic E-state index is 12.5. The summed E-state index contributed by atoms with van der Waals surface area (Å²) in [7, 11) is 0. The van der Waals surface area contributed by atoms with Crippen molar-refractivity contribution in [1.29, 1.82) is 0 Å². The van der Waals surface area contributed by atoms with Gasteiger partial charge in [-0.25, -0.2) is 4.98 Å². The number of nitrogens with one attached hydrogen (secondary N) is 1. The summed E-state index contributed by atoms with van der Waals surface area (Å²) in [5.41, 5.74) is 2.21. The molecule has 0 saturated heterocycles. The Balaban J connectivity index is 1.84. The SMILES string of the molecule is O=c1[nH]c(C=Cc2ccc(Cl)cc2)nc2c1sc(=S)n2-c1ccccc1. The monoisotopic (exact) mass is 397 g/mol. The second-order valence-corrected chi connectivity index (χ2v) is 7.61. The normalized spacial score (nSPS) is 11.4. The fourth-order valence-corrected chi connectivity index (χ4v) is 3.96. The first-order chi connectivity index (χ1) is 12.6. The number of hydrogen-bond acceptors (Lipinski definition) is 4. The van der Waals surface area contributed by atoms with Gasteiger partial charge in [0.1, 0.15) is 10.5 Å². The number of aromatic nitrogens is 3. The lowest BCUT2D eigenvalue weighted by atomic mass is 10.2. The number of benzene rings is 2. The van der Waals surface area contributed by atoms with Crippen molar-refractivity contribution in [2.24, 2.45) is 0 Å². The Labute approximate surface area is 163 Å². The molecule has 7 heteroatoms. The van der Waals surface area contributed by atoms with E-state index < -0.39 is 0 Å². The van der Waals surface area contributed by atoms with Crippen LogP contribution in [-0.4, -0.2) is 14.5 Å². The lowest BCUT2D eigenvalue weighted by Gasteiger charge is -2.04. The first-order valence-electron chi connectivity index (χ1n) is 7.77. The molecule has 0 bridgehead atoms. The van der Waals surface area contributed by atoms with Crippen molar-refractivity contribution in [3.63, 3.8) is 0 Å². The highest BCUT2D eigenvalue weighted by Gasteiger charge is 2.12. The molecule has 0 aliphatic rings. The molecular weight excluding hydrogens is 386 g/mol. The van der Waals surface area contributed by atoms with E-state index in [1.54, 1.807) is 6.08 Å². The zero-order valence-electron chi connectivity index (χ0n) is 13.3. The van der Waals surface area contributed by atoms with Crippen molar-refractivity contribution in [2.45, 2.75) is 0 Å². The minimum atomic E-state index is -0.198. The number of rotatable bonds is 3. The third-order valence-electron chi connectivity index (χ3n) is 3.78. The molecule has 2 aromatic heterocycles. The molecule has 0 radical (unpaired) electrons. The number of hydrogen-bond donors (Lipinski definition) is 1. The van der Waals surface area contributed by atoms with Crippen LogP contribution in [0.1, 0.15) is 11.4 Å². The molecule has 4 aromatic rings. The van der Waals surface area contributed by atoms with Gasteiger partial charge >= 0.3 is 0 Å². The van der Waals surface area contributed by atoms with Gasteiger partial charge in [0.05, 0.1) is 0 Å². The van der Waals surface area contributed by atoms with Crippen LogP contribution in [-0.2, 0) is 0 Å². The molecule has 0 atom stereocenters. The van der Waals surface area contributed by atoms with Crippen LogP contribution in [0.5, 0.6) is 0 Å². The number of aromatic amines is 1. The van der Waals surface area contributed by atoms with Crippen molar-refractivity contribution in [1.82, 2.24) is 14.5 Å². The molecular formula is C19H12ClN3OS2. The largest absolute Gasteiger partial charge is 0.306 e. The summed E-state index contributed by atoms with van der Waals surface area (Å²) in [6.45, 7) is 0. The Morgan fingerprint density at radius 3 is 2.54 bits per heavy atom. The van der Waals surface area contributed by atoms with E-state index in [0.717, 1.165) is 11.3 Å². The number of para-hydroxylation sites is 1. The van der Waals surface area contributed by atoms with Crippen LogP contribution in [0, 0.1) is 3.95 Å². The highest BCUT2D eigenvalue weighted by atomic mass is 35.5. The maximum Gasteiger partial charge on any atom is 0.270 e. The van der Waals surface area contributed by atoms with E-state index in [-0.39, 0.29) is 5.56 Å². The van der Waals surface area contributed by atoms with Gasteiger partial charge in [-0.3, -0.25) is 9.36 Å². The van der Waals surface area contributed by atoms with Crippen LogP contribution in [0.3, 0.4) is 0 Å². The third-order valence-corrected chi connectivity index (χ3v) is 5.39. The minimum Gasteiger partial charge on any atom is -0.306 e. The molecule has 4 nitrogen and oxygen atoms in total. The van der Waals surface area contributed by atoms with Crippen LogP contribution < -0.4 is 5.56 Å². The summed E-state index contributed by atoms with van der Waals surface area (Å²) in [5.74, 6) is 0.468. The maximum atomic E-state index is 12.5. The Hall–Kier alpha value is -2.54. The van der Waals surface area contributed by atoms with Crippen LogP contribution in [0.4, 0.5) is 0 Å². The van der Waals surface area contributed by atoms with E-state index in [2.05, 4.69) is 9.97 Å². The highest BCUT2D eigenvalue weighted by molar-refractivity contribution is 7.73. The lowest BCUT2D eigenvalue weighted by Crippen LogP contribution is -2.09. The molecule has 0 amide bonds. The van der Waals surface area contributed by atoms with Crippen LogP contribution in [0.15, 0.2) is 59.4 Å². The van der Waals surface area contributed by atoms with Crippen LogP contribution in [0.25, 0.3) is 28.2 Å². The smallest absolute Gasteiger partial charge is 0.270 e. The van der Waals surface area contributed by atoms with Crippen molar-refractivity contribution in [2.75, 3.05) is 0 Å². The molecule has 0 unspecified atom stereocenters. The molecule has 4 rings (SSSR count). The lowest BCUT2D eigenvalue weighted by molar-refractivity contribution is 1.05. The third kappa shape index (κ3) is 3.26. The second-order valence-electron chi connectivity index (χ2n) is 5.53. The standard InChI is InChI=1S/C19H12ClN3OS2/c20-13-9-6-12(7-10-13)8-11-15-21-17-16(18(24)22-15)26-19(25)23(17)14-4-2-1-3-5-14/h1-11H,(H,21,22,24). The van der Waals surface area contributed by atoms with Gasteiger partial charge in [-0.05, 0) is 48.1 Å². The number of H-pyrrole nitrogens is 1. The predicted octanol–water partition coefficient (Wildman–Crippen LogP) is 5.33. The summed E-state index contributed by atoms with van der Waals surface area (Å²) in [4.78, 5) is 19.9. The molecule has 0 fully saturated rings. The molecule has 0 aliphatic heterocycles. The van der Waals surface area contributed by atoms with Crippen LogP contribution >= 0.6 is 35.2 Å². The summed E-state index contributed by atoms with van der Waals surface area (Å²) < 4.78 is 2.93. The predicted molar refractivity (Wildman–Crippen MR) is 111 cm³/mol. The van der Waals surface area contributed by atoms with E-state index in [0.29, 0.717) is 25.1 Å². The summed E-state index contributed by atoms with van der Waals surface area (Å²) in [6.07, 6.45) is 3.63. The van der Waals surface area contributed by atoms with Gasteiger partial charge in [0.25, 0.3) is 5.56 Å². The fourth-order valence-electron chi connectivity index (χ4n) is 2.56. The Bertz CT molecular complexity index is 1220. The van der Waals surface area contributed by atoms with E-state index in [9.17, 15) is 4.79 Å². The molecule has 26 heavy (non-hydrogen) atoms. The van der Waals surface area contributed by atoms with Gasteiger partial charge < -0.3 is 4.98 Å². The van der Waals surface area contributed by atoms with E-state index >= 15 is 0 Å². The van der Waals surface area contributed by atoms with Crippen molar-refractivity contribution in [3.8, 4) is 5.69 Å². The van der Waals surface area contributed by atoms with Crippen LogP contribution in [0.2, 0.25) is 5.02 Å². The van der Waals surface area contributed by atoms with E-state index in [1.807, 2.05) is 65.2 Å². The Morgan fingerprint density at radius 2 is 1.81 bits per heavy atom. The highest BCUT2D eigenvalue weighted by Crippen LogP contribution is 2.23. The van der Waals surface area contributed by atoms with Gasteiger partial charge in [-0.15, -0.1) is 0 Å². The molecule has 0 spiro atoms. The molecule has 0 aliphatic carbocycles. The molecule has 1 N–H and O–H groups in total. The number of nitrogens with zero attached hydrogens (tertiary/aromatic N) is 2. The molecule has 2 aromatic carbocycles. The van der Waals surface area contributed by atoms with Crippen molar-refractivity contribution < 1.29 is 0 Å². The van der Waals surface area contributed by atoms with Gasteiger partial charge in [0.15, 0.2) is 9.60 Å². The van der Waals surface area contributed by atoms with Gasteiger partial charge in [-0.2, -0.15) is 0 Å². The van der Waals surface area contributed by atoms with Crippen molar-refractivity contribution >= 4 is 57.7 Å². The van der Waals surface area contributed by atoms with Gasteiger partial charge in [0.2, 0.25) is 0 Å². The topological polar surface area (TPSA) is 50.7 Å². The summed E-state index contributed by atoms with van der Waals surface area (Å²) >= 11 is 12.6. The molecule has 0 saturated carbocycles. The average molecular weight is 398 g/mol. The Kier molecular flexibility index (Phi) is 4.55. The summed E-state index contributed by atoms with van der Waals surface area (Å²) in [5, 5.41) is 0.676. The zero-order valence-corrected chi connectivity index (χ0v) is 15.7. The number of halogens is 1. The van der Waals surface area contributed by atoms with Gasteiger partial charge in [0, 0.05) is 10.7 Å². The van der Waals surface area contributed by atoms with Gasteiger partial charge in [-0.1, -0.05) is 59.3 Å². The molecule has 128 valence electrons. The molecule has 2 heterocycles. The second kappa shape index (κ2) is 6.99.